The molecule has 0 aliphatic heterocycles. The molecule has 1 aromatic rings. The summed E-state index contributed by atoms with van der Waals surface area (Å²) in [6.07, 6.45) is 0. The van der Waals surface area contributed by atoms with Crippen molar-refractivity contribution in [1.82, 2.24) is 0 Å². The summed E-state index contributed by atoms with van der Waals surface area (Å²) in [6, 6.07) is 7.42. The lowest BCUT2D eigenvalue weighted by Gasteiger charge is -2.01. The molecule has 0 fully saturated rings. The van der Waals surface area contributed by atoms with E-state index in [1.165, 1.54) is 7.11 Å². The minimum absolute atomic E-state index is 0.287. The molecule has 0 amide bonds. The first-order valence-electron chi connectivity index (χ1n) is 4.25. The topological polar surface area (TPSA) is 26.3 Å². The normalized spacial score (nSPS) is 9.86. The maximum absolute atomic E-state index is 11.1. The third kappa shape index (κ3) is 3.27. The standard InChI is InChI=1S/C10H12O2S2/c1-3-13-14-9-6-4-8(5-7-9)10(11)12-2/h4-7H,3H2,1-2H3. The van der Waals surface area contributed by atoms with E-state index in [9.17, 15) is 4.79 Å². The molecule has 4 heteroatoms. The van der Waals surface area contributed by atoms with Gasteiger partial charge in [-0.15, -0.1) is 0 Å². The van der Waals surface area contributed by atoms with Crippen LogP contribution >= 0.6 is 21.6 Å². The molecule has 1 rings (SSSR count). The molecule has 0 aromatic heterocycles. The van der Waals surface area contributed by atoms with Gasteiger partial charge in [-0.3, -0.25) is 0 Å². The van der Waals surface area contributed by atoms with Crippen LogP contribution in [0.5, 0.6) is 0 Å². The average molecular weight is 228 g/mol. The van der Waals surface area contributed by atoms with E-state index in [0.29, 0.717) is 5.56 Å². The summed E-state index contributed by atoms with van der Waals surface area (Å²) < 4.78 is 4.61. The molecule has 1 aromatic carbocycles. The highest BCUT2D eigenvalue weighted by Gasteiger charge is 2.03. The van der Waals surface area contributed by atoms with Crippen molar-refractivity contribution in [2.45, 2.75) is 11.8 Å². The number of carbonyl (C=O) groups is 1. The average Bonchev–Trinajstić information content (AvgIpc) is 2.26. The van der Waals surface area contributed by atoms with Crippen molar-refractivity contribution in [1.29, 1.82) is 0 Å². The van der Waals surface area contributed by atoms with Crippen LogP contribution in [0.1, 0.15) is 17.3 Å². The zero-order chi connectivity index (χ0) is 10.4. The Labute approximate surface area is 91.8 Å². The van der Waals surface area contributed by atoms with E-state index in [-0.39, 0.29) is 5.97 Å². The van der Waals surface area contributed by atoms with E-state index in [4.69, 9.17) is 0 Å². The van der Waals surface area contributed by atoms with Crippen LogP contribution in [0.3, 0.4) is 0 Å². The fourth-order valence-corrected chi connectivity index (χ4v) is 2.49. The second kappa shape index (κ2) is 5.98. The Morgan fingerprint density at radius 3 is 2.50 bits per heavy atom. The molecule has 0 heterocycles. The molecule has 2 nitrogen and oxygen atoms in total. The Bertz CT molecular complexity index is 295. The fourth-order valence-electron chi connectivity index (χ4n) is 0.891. The first-order chi connectivity index (χ1) is 6.77. The zero-order valence-electron chi connectivity index (χ0n) is 8.15. The van der Waals surface area contributed by atoms with Gasteiger partial charge < -0.3 is 4.74 Å². The van der Waals surface area contributed by atoms with Gasteiger partial charge in [0.1, 0.15) is 0 Å². The number of esters is 1. The van der Waals surface area contributed by atoms with Crippen LogP contribution in [0.2, 0.25) is 0 Å². The lowest BCUT2D eigenvalue weighted by Crippen LogP contribution is -1.99. The second-order valence-electron chi connectivity index (χ2n) is 2.51. The molecule has 0 atom stereocenters. The maximum atomic E-state index is 11.1. The van der Waals surface area contributed by atoms with Crippen molar-refractivity contribution < 1.29 is 9.53 Å². The highest BCUT2D eigenvalue weighted by molar-refractivity contribution is 8.76. The molecule has 0 aliphatic rings. The number of methoxy groups -OCH3 is 1. The first kappa shape index (κ1) is 11.5. The molecular formula is C10H12O2S2. The number of hydrogen-bond acceptors (Lipinski definition) is 4. The summed E-state index contributed by atoms with van der Waals surface area (Å²) >= 11 is 0. The predicted molar refractivity (Wildman–Crippen MR) is 61.8 cm³/mol. The molecule has 0 saturated carbocycles. The number of hydrogen-bond donors (Lipinski definition) is 0. The van der Waals surface area contributed by atoms with E-state index in [1.807, 2.05) is 12.1 Å². The van der Waals surface area contributed by atoms with Crippen LogP contribution in [0.15, 0.2) is 29.2 Å². The van der Waals surface area contributed by atoms with Crippen LogP contribution in [0, 0.1) is 0 Å². The Morgan fingerprint density at radius 1 is 1.36 bits per heavy atom. The quantitative estimate of drug-likeness (QED) is 0.584. The van der Waals surface area contributed by atoms with Crippen LogP contribution in [-0.4, -0.2) is 18.8 Å². The van der Waals surface area contributed by atoms with E-state index >= 15 is 0 Å². The Kier molecular flexibility index (Phi) is 4.90. The minimum Gasteiger partial charge on any atom is -0.465 e. The third-order valence-corrected chi connectivity index (χ3v) is 4.00. The summed E-state index contributed by atoms with van der Waals surface area (Å²) in [4.78, 5) is 12.3. The Balaban J connectivity index is 2.63. The van der Waals surface area contributed by atoms with Gasteiger partial charge in [-0.25, -0.2) is 4.79 Å². The molecule has 14 heavy (non-hydrogen) atoms. The molecule has 0 unspecified atom stereocenters. The second-order valence-corrected chi connectivity index (χ2v) is 5.16. The van der Waals surface area contributed by atoms with Crippen molar-refractivity contribution in [2.24, 2.45) is 0 Å². The van der Waals surface area contributed by atoms with Gasteiger partial charge in [0.2, 0.25) is 0 Å². The Morgan fingerprint density at radius 2 is 2.00 bits per heavy atom. The Hall–Kier alpha value is -0.610. The molecule has 0 saturated heterocycles. The van der Waals surface area contributed by atoms with Gasteiger partial charge in [0, 0.05) is 10.6 Å². The molecule has 0 spiro atoms. The highest BCUT2D eigenvalue weighted by Crippen LogP contribution is 2.30. The fraction of sp³-hybridized carbons (Fsp3) is 0.300. The van der Waals surface area contributed by atoms with Gasteiger partial charge >= 0.3 is 5.97 Å². The molecule has 0 N–H and O–H groups in total. The van der Waals surface area contributed by atoms with Gasteiger partial charge in [0.05, 0.1) is 12.7 Å². The molecule has 0 aliphatic carbocycles. The van der Waals surface area contributed by atoms with Gasteiger partial charge in [0.15, 0.2) is 0 Å². The summed E-state index contributed by atoms with van der Waals surface area (Å²) in [7, 11) is 4.88. The summed E-state index contributed by atoms with van der Waals surface area (Å²) in [5.41, 5.74) is 0.596. The zero-order valence-corrected chi connectivity index (χ0v) is 9.78. The highest BCUT2D eigenvalue weighted by atomic mass is 33.1. The van der Waals surface area contributed by atoms with Crippen molar-refractivity contribution in [3.63, 3.8) is 0 Å². The van der Waals surface area contributed by atoms with E-state index in [0.717, 1.165) is 10.6 Å². The van der Waals surface area contributed by atoms with Crippen LogP contribution in [0.4, 0.5) is 0 Å². The molecular weight excluding hydrogens is 216 g/mol. The lowest BCUT2D eigenvalue weighted by molar-refractivity contribution is 0.0600. The van der Waals surface area contributed by atoms with Crippen molar-refractivity contribution in [3.8, 4) is 0 Å². The number of ether oxygens (including phenoxy) is 1. The van der Waals surface area contributed by atoms with E-state index in [1.54, 1.807) is 33.7 Å². The van der Waals surface area contributed by atoms with Crippen molar-refractivity contribution in [3.05, 3.63) is 29.8 Å². The maximum Gasteiger partial charge on any atom is 0.337 e. The van der Waals surface area contributed by atoms with Crippen LogP contribution in [0.25, 0.3) is 0 Å². The van der Waals surface area contributed by atoms with Crippen molar-refractivity contribution >= 4 is 27.6 Å². The predicted octanol–water partition coefficient (Wildman–Crippen LogP) is 3.23. The largest absolute Gasteiger partial charge is 0.465 e. The third-order valence-electron chi connectivity index (χ3n) is 1.55. The van der Waals surface area contributed by atoms with Crippen LogP contribution in [-0.2, 0) is 4.74 Å². The van der Waals surface area contributed by atoms with Crippen LogP contribution < -0.4 is 0 Å². The monoisotopic (exact) mass is 228 g/mol. The number of benzene rings is 1. The lowest BCUT2D eigenvalue weighted by atomic mass is 10.2. The molecule has 0 bridgehead atoms. The summed E-state index contributed by atoms with van der Waals surface area (Å²) in [5.74, 6) is 0.786. The summed E-state index contributed by atoms with van der Waals surface area (Å²) in [5, 5.41) is 0. The molecule has 76 valence electrons. The van der Waals surface area contributed by atoms with Gasteiger partial charge in [-0.1, -0.05) is 28.5 Å². The van der Waals surface area contributed by atoms with Gasteiger partial charge in [-0.05, 0) is 24.3 Å². The van der Waals surface area contributed by atoms with E-state index < -0.39 is 0 Å². The number of rotatable bonds is 4. The van der Waals surface area contributed by atoms with E-state index in [2.05, 4.69) is 11.7 Å². The first-order valence-corrected chi connectivity index (χ1v) is 6.57. The number of carbonyl (C=O) groups excluding carboxylic acids is 1. The molecule has 0 radical (unpaired) electrons. The SMILES string of the molecule is CCSSc1ccc(C(=O)OC)cc1. The summed E-state index contributed by atoms with van der Waals surface area (Å²) in [6.45, 7) is 2.11. The smallest absolute Gasteiger partial charge is 0.337 e. The minimum atomic E-state index is -0.287. The van der Waals surface area contributed by atoms with Crippen molar-refractivity contribution in [2.75, 3.05) is 12.9 Å². The van der Waals surface area contributed by atoms with Gasteiger partial charge in [0.25, 0.3) is 0 Å². The van der Waals surface area contributed by atoms with Gasteiger partial charge in [-0.2, -0.15) is 0 Å².